The molecule has 0 radical (unpaired) electrons. The first-order valence-electron chi connectivity index (χ1n) is 6.65. The van der Waals surface area contributed by atoms with E-state index in [2.05, 4.69) is 17.0 Å². The lowest BCUT2D eigenvalue weighted by molar-refractivity contribution is -0.133. The van der Waals surface area contributed by atoms with Gasteiger partial charge < -0.3 is 9.80 Å². The predicted octanol–water partition coefficient (Wildman–Crippen LogP) is 1.32. The lowest BCUT2D eigenvalue weighted by Gasteiger charge is -2.32. The third-order valence-electron chi connectivity index (χ3n) is 3.69. The first-order valence-corrected chi connectivity index (χ1v) is 7.02. The maximum Gasteiger partial charge on any atom is 0.224 e. The molecule has 6 heteroatoms. The summed E-state index contributed by atoms with van der Waals surface area (Å²) in [5, 5.41) is 5.05. The fraction of sp³-hybridized carbons (Fsp3) is 0.692. The van der Waals surface area contributed by atoms with Gasteiger partial charge in [0.15, 0.2) is 0 Å². The minimum Gasteiger partial charge on any atom is -0.340 e. The summed E-state index contributed by atoms with van der Waals surface area (Å²) in [5.41, 5.74) is 1.76. The van der Waals surface area contributed by atoms with Crippen molar-refractivity contribution in [3.05, 3.63) is 16.4 Å². The molecule has 0 atom stereocenters. The molecule has 1 aliphatic heterocycles. The Labute approximate surface area is 119 Å². The van der Waals surface area contributed by atoms with Crippen molar-refractivity contribution in [3.8, 4) is 0 Å². The molecule has 1 fully saturated rings. The summed E-state index contributed by atoms with van der Waals surface area (Å²) in [4.78, 5) is 16.3. The number of aryl methyl sites for hydroxylation is 2. The maximum absolute atomic E-state index is 12.1. The first-order chi connectivity index (χ1) is 8.99. The number of likely N-dealkylation sites (N-methyl/N-ethyl adjacent to an activating group) is 1. The molecule has 1 saturated heterocycles. The Bertz CT molecular complexity index is 463. The Morgan fingerprint density at radius 2 is 1.89 bits per heavy atom. The molecule has 0 spiro atoms. The number of piperazine rings is 1. The molecular weight excluding hydrogens is 264 g/mol. The molecular formula is C13H21ClN4O. The highest BCUT2D eigenvalue weighted by atomic mass is 35.5. The van der Waals surface area contributed by atoms with Crippen molar-refractivity contribution in [2.75, 3.05) is 33.2 Å². The van der Waals surface area contributed by atoms with Crippen molar-refractivity contribution in [2.45, 2.75) is 26.8 Å². The van der Waals surface area contributed by atoms with Gasteiger partial charge in [0.05, 0.1) is 23.0 Å². The molecule has 1 amide bonds. The van der Waals surface area contributed by atoms with Crippen LogP contribution >= 0.6 is 11.6 Å². The average Bonchev–Trinajstić information content (AvgIpc) is 2.64. The molecule has 1 aliphatic rings. The van der Waals surface area contributed by atoms with Crippen molar-refractivity contribution in [3.63, 3.8) is 0 Å². The lowest BCUT2D eigenvalue weighted by Crippen LogP contribution is -2.47. The largest absolute Gasteiger partial charge is 0.340 e. The fourth-order valence-corrected chi connectivity index (χ4v) is 2.44. The molecule has 2 heterocycles. The van der Waals surface area contributed by atoms with Gasteiger partial charge in [-0.2, -0.15) is 5.10 Å². The van der Waals surface area contributed by atoms with Crippen LogP contribution in [0.1, 0.15) is 17.8 Å². The standard InChI is InChI=1S/C13H21ClN4O/c1-10-13(14)11(2)18(15-10)5-4-12(19)17-8-6-16(3)7-9-17/h4-9H2,1-3H3. The van der Waals surface area contributed by atoms with Crippen molar-refractivity contribution in [2.24, 2.45) is 0 Å². The molecule has 1 aromatic rings. The molecule has 1 aromatic heterocycles. The summed E-state index contributed by atoms with van der Waals surface area (Å²) in [7, 11) is 2.08. The number of aromatic nitrogens is 2. The van der Waals surface area contributed by atoms with Gasteiger partial charge >= 0.3 is 0 Å². The summed E-state index contributed by atoms with van der Waals surface area (Å²) in [6, 6.07) is 0. The second kappa shape index (κ2) is 5.92. The number of carbonyl (C=O) groups is 1. The molecule has 2 rings (SSSR count). The van der Waals surface area contributed by atoms with E-state index >= 15 is 0 Å². The van der Waals surface area contributed by atoms with Crippen LogP contribution < -0.4 is 0 Å². The molecule has 0 bridgehead atoms. The van der Waals surface area contributed by atoms with Crippen LogP contribution in [-0.4, -0.2) is 58.7 Å². The van der Waals surface area contributed by atoms with E-state index < -0.39 is 0 Å². The van der Waals surface area contributed by atoms with E-state index in [-0.39, 0.29) is 5.91 Å². The lowest BCUT2D eigenvalue weighted by atomic mass is 10.3. The molecule has 5 nitrogen and oxygen atoms in total. The Kier molecular flexibility index (Phi) is 4.47. The number of rotatable bonds is 3. The van der Waals surface area contributed by atoms with Crippen LogP contribution in [-0.2, 0) is 11.3 Å². The summed E-state index contributed by atoms with van der Waals surface area (Å²) >= 11 is 6.09. The highest BCUT2D eigenvalue weighted by Crippen LogP contribution is 2.19. The zero-order valence-corrected chi connectivity index (χ0v) is 12.6. The normalized spacial score (nSPS) is 16.9. The Hall–Kier alpha value is -1.07. The molecule has 0 aromatic carbocycles. The number of hydrogen-bond donors (Lipinski definition) is 0. The SMILES string of the molecule is Cc1nn(CCC(=O)N2CCN(C)CC2)c(C)c1Cl. The first kappa shape index (κ1) is 14.3. The van der Waals surface area contributed by atoms with Gasteiger partial charge in [-0.1, -0.05) is 11.6 Å². The van der Waals surface area contributed by atoms with Crippen LogP contribution in [0, 0.1) is 13.8 Å². The van der Waals surface area contributed by atoms with E-state index in [1.807, 2.05) is 23.4 Å². The number of carbonyl (C=O) groups excluding carboxylic acids is 1. The summed E-state index contributed by atoms with van der Waals surface area (Å²) in [6.45, 7) is 7.98. The molecule has 106 valence electrons. The van der Waals surface area contributed by atoms with Crippen LogP contribution in [0.3, 0.4) is 0 Å². The topological polar surface area (TPSA) is 41.4 Å². The zero-order chi connectivity index (χ0) is 14.0. The van der Waals surface area contributed by atoms with Crippen LogP contribution in [0.2, 0.25) is 5.02 Å². The van der Waals surface area contributed by atoms with Gasteiger partial charge in [0, 0.05) is 32.6 Å². The van der Waals surface area contributed by atoms with Gasteiger partial charge in [-0.15, -0.1) is 0 Å². The second-order valence-corrected chi connectivity index (χ2v) is 5.52. The molecule has 0 aliphatic carbocycles. The predicted molar refractivity (Wildman–Crippen MR) is 75.4 cm³/mol. The third kappa shape index (κ3) is 3.28. The number of halogens is 1. The smallest absolute Gasteiger partial charge is 0.224 e. The van der Waals surface area contributed by atoms with E-state index in [4.69, 9.17) is 11.6 Å². The van der Waals surface area contributed by atoms with E-state index in [0.29, 0.717) is 18.0 Å². The van der Waals surface area contributed by atoms with E-state index in [1.165, 1.54) is 0 Å². The number of amides is 1. The Morgan fingerprint density at radius 1 is 1.26 bits per heavy atom. The number of hydrogen-bond acceptors (Lipinski definition) is 3. The van der Waals surface area contributed by atoms with Crippen molar-refractivity contribution < 1.29 is 4.79 Å². The van der Waals surface area contributed by atoms with Gasteiger partial charge in [0.1, 0.15) is 0 Å². The van der Waals surface area contributed by atoms with Crippen molar-refractivity contribution in [1.29, 1.82) is 0 Å². The van der Waals surface area contributed by atoms with Gasteiger partial charge in [0.2, 0.25) is 5.91 Å². The van der Waals surface area contributed by atoms with Gasteiger partial charge in [-0.3, -0.25) is 9.48 Å². The molecule has 0 saturated carbocycles. The summed E-state index contributed by atoms with van der Waals surface area (Å²) in [5.74, 6) is 0.205. The highest BCUT2D eigenvalue weighted by molar-refractivity contribution is 6.31. The van der Waals surface area contributed by atoms with Crippen LogP contribution in [0.5, 0.6) is 0 Å². The highest BCUT2D eigenvalue weighted by Gasteiger charge is 2.19. The van der Waals surface area contributed by atoms with E-state index in [1.54, 1.807) is 0 Å². The van der Waals surface area contributed by atoms with Crippen LogP contribution in [0.25, 0.3) is 0 Å². The minimum atomic E-state index is 0.205. The second-order valence-electron chi connectivity index (χ2n) is 5.14. The third-order valence-corrected chi connectivity index (χ3v) is 4.23. The van der Waals surface area contributed by atoms with Crippen LogP contribution in [0.15, 0.2) is 0 Å². The van der Waals surface area contributed by atoms with Gasteiger partial charge in [-0.25, -0.2) is 0 Å². The molecule has 19 heavy (non-hydrogen) atoms. The van der Waals surface area contributed by atoms with Crippen molar-refractivity contribution >= 4 is 17.5 Å². The average molecular weight is 285 g/mol. The van der Waals surface area contributed by atoms with E-state index in [0.717, 1.165) is 37.6 Å². The Morgan fingerprint density at radius 3 is 2.42 bits per heavy atom. The Balaban J connectivity index is 1.88. The molecule has 0 unspecified atom stereocenters. The number of nitrogens with zero attached hydrogens (tertiary/aromatic N) is 4. The van der Waals surface area contributed by atoms with Gasteiger partial charge in [0.25, 0.3) is 0 Å². The monoisotopic (exact) mass is 284 g/mol. The fourth-order valence-electron chi connectivity index (χ4n) is 2.31. The van der Waals surface area contributed by atoms with Crippen LogP contribution in [0.4, 0.5) is 0 Å². The summed E-state index contributed by atoms with van der Waals surface area (Å²) in [6.07, 6.45) is 0.488. The van der Waals surface area contributed by atoms with E-state index in [9.17, 15) is 4.79 Å². The quantitative estimate of drug-likeness (QED) is 0.841. The minimum absolute atomic E-state index is 0.205. The maximum atomic E-state index is 12.1. The van der Waals surface area contributed by atoms with Crippen molar-refractivity contribution in [1.82, 2.24) is 19.6 Å². The molecule has 0 N–H and O–H groups in total. The summed E-state index contributed by atoms with van der Waals surface area (Å²) < 4.78 is 1.83. The zero-order valence-electron chi connectivity index (χ0n) is 11.8. The van der Waals surface area contributed by atoms with Gasteiger partial charge in [-0.05, 0) is 20.9 Å².